The maximum atomic E-state index is 15.1. The fraction of sp³-hybridized carbons (Fsp3) is 0.136. The van der Waals surface area contributed by atoms with Gasteiger partial charge in [0.1, 0.15) is 35.9 Å². The Morgan fingerprint density at radius 2 is 1.69 bits per heavy atom. The summed E-state index contributed by atoms with van der Waals surface area (Å²) in [5.74, 6) is -1.09. The molecule has 0 radical (unpaired) electrons. The number of para-hydroxylation sites is 2. The maximum Gasteiger partial charge on any atom is 0.280 e. The van der Waals surface area contributed by atoms with Gasteiger partial charge in [-0.05, 0) is 29.4 Å². The first kappa shape index (κ1) is 26.9. The molecule has 4 rings (SSSR count). The smallest absolute Gasteiger partial charge is 0.280 e. The van der Waals surface area contributed by atoms with Crippen molar-refractivity contribution in [2.75, 3.05) is 20.3 Å². The maximum absolute atomic E-state index is 15.1. The van der Waals surface area contributed by atoms with Crippen LogP contribution in [-0.4, -0.2) is 46.2 Å². The normalized spacial score (nSPS) is 12.7. The quantitative estimate of drug-likeness (QED) is 0.186. The van der Waals surface area contributed by atoms with Gasteiger partial charge < -0.3 is 29.6 Å². The molecule has 2 N–H and O–H groups in total. The lowest BCUT2D eigenvalue weighted by Crippen LogP contribution is -2.25. The molecule has 1 aromatic heterocycles. The monoisotopic (exact) mass is 551 g/mol. The summed E-state index contributed by atoms with van der Waals surface area (Å²) in [6, 6.07) is 13.3. The van der Waals surface area contributed by atoms with Crippen LogP contribution >= 0.6 is 36.4 Å². The van der Waals surface area contributed by atoms with E-state index in [2.05, 4.69) is 45.1 Å². The van der Waals surface area contributed by atoms with Gasteiger partial charge in [-0.25, -0.2) is 0 Å². The first-order valence-electron chi connectivity index (χ1n) is 10.0. The highest BCUT2D eigenvalue weighted by atomic mass is 35.5. The third kappa shape index (κ3) is 7.41. The average molecular weight is 552 g/mol. The minimum atomic E-state index is -0.915. The van der Waals surface area contributed by atoms with Crippen LogP contribution in [-0.2, 0) is 14.4 Å². The highest BCUT2D eigenvalue weighted by Crippen LogP contribution is 2.33. The van der Waals surface area contributed by atoms with E-state index < -0.39 is 5.82 Å². The molecule has 36 heavy (non-hydrogen) atoms. The van der Waals surface area contributed by atoms with Gasteiger partial charge in [0.15, 0.2) is 12.3 Å². The van der Waals surface area contributed by atoms with E-state index in [4.69, 9.17) is 41.2 Å². The molecule has 0 unspecified atom stereocenters. The zero-order valence-electron chi connectivity index (χ0n) is 18.6. The number of nitrogens with zero attached hydrogens (tertiary/aromatic N) is 4. The largest absolute Gasteiger partial charge is 0.470 e. The van der Waals surface area contributed by atoms with Crippen LogP contribution in [0, 0.1) is 5.82 Å². The number of hydrogen-bond acceptors (Lipinski definition) is 10. The van der Waals surface area contributed by atoms with Gasteiger partial charge in [-0.2, -0.15) is 14.4 Å². The van der Waals surface area contributed by atoms with E-state index in [1.165, 1.54) is 7.11 Å². The van der Waals surface area contributed by atoms with Crippen molar-refractivity contribution >= 4 is 52.4 Å². The predicted molar refractivity (Wildman–Crippen MR) is 139 cm³/mol. The van der Waals surface area contributed by atoms with Gasteiger partial charge in [-0.15, -0.1) is 12.6 Å². The summed E-state index contributed by atoms with van der Waals surface area (Å²) in [5, 5.41) is 8.12. The zero-order chi connectivity index (χ0) is 25.9. The van der Waals surface area contributed by atoms with Gasteiger partial charge in [0.25, 0.3) is 17.7 Å². The lowest BCUT2D eigenvalue weighted by molar-refractivity contribution is 0.0672. The van der Waals surface area contributed by atoms with E-state index >= 15 is 4.39 Å². The number of thiol groups is 1. The van der Waals surface area contributed by atoms with Gasteiger partial charge in [0, 0.05) is 0 Å². The van der Waals surface area contributed by atoms with E-state index in [9.17, 15) is 0 Å². The lowest BCUT2D eigenvalue weighted by atomic mass is 10.1. The van der Waals surface area contributed by atoms with Crippen molar-refractivity contribution in [3.8, 4) is 23.3 Å². The first-order chi connectivity index (χ1) is 17.4. The van der Waals surface area contributed by atoms with Crippen molar-refractivity contribution in [1.29, 1.82) is 0 Å². The van der Waals surface area contributed by atoms with E-state index in [0.29, 0.717) is 17.2 Å². The van der Waals surface area contributed by atoms with Crippen LogP contribution in [0.3, 0.4) is 0 Å². The molecule has 10 nitrogen and oxygen atoms in total. The number of hydrogen-bond donors (Lipinski definition) is 2. The van der Waals surface area contributed by atoms with Gasteiger partial charge >= 0.3 is 0 Å². The molecule has 0 spiro atoms. The lowest BCUT2D eigenvalue weighted by Gasteiger charge is -2.17. The summed E-state index contributed by atoms with van der Waals surface area (Å²) >= 11 is 13.7. The Hall–Kier alpha value is -3.68. The summed E-state index contributed by atoms with van der Waals surface area (Å²) < 4.78 is 32.0. The molecule has 0 saturated carbocycles. The van der Waals surface area contributed by atoms with Crippen LogP contribution < -0.4 is 15.2 Å². The summed E-state index contributed by atoms with van der Waals surface area (Å²) in [4.78, 5) is 17.7. The van der Waals surface area contributed by atoms with Gasteiger partial charge in [-0.1, -0.05) is 53.2 Å². The van der Waals surface area contributed by atoms with Crippen LogP contribution in [0.1, 0.15) is 5.56 Å². The van der Waals surface area contributed by atoms with Crippen molar-refractivity contribution < 1.29 is 28.3 Å². The molecular weight excluding hydrogens is 533 g/mol. The summed E-state index contributed by atoms with van der Waals surface area (Å²) in [6.07, 6.45) is 1.11. The SMILES string of the molecule is CO/N=C(/C1=NOCCO1)c1ccccc1Oc1ncnc(Oc2ccccc2Cl)c1F.NC(=S)S. The average Bonchev–Trinajstić information content (AvgIpc) is 2.87. The Bertz CT molecular complexity index is 1280. The van der Waals surface area contributed by atoms with Gasteiger partial charge in [0.05, 0.1) is 10.6 Å². The van der Waals surface area contributed by atoms with Crippen LogP contribution in [0.15, 0.2) is 65.2 Å². The second kappa shape index (κ2) is 13.4. The number of benzene rings is 2. The van der Waals surface area contributed by atoms with Crippen LogP contribution in [0.2, 0.25) is 5.02 Å². The Morgan fingerprint density at radius 3 is 2.31 bits per heavy atom. The molecule has 1 aliphatic heterocycles. The molecule has 0 saturated heterocycles. The number of oxime groups is 2. The van der Waals surface area contributed by atoms with Crippen LogP contribution in [0.25, 0.3) is 0 Å². The molecule has 1 aliphatic rings. The number of halogens is 2. The highest BCUT2D eigenvalue weighted by molar-refractivity contribution is 8.10. The summed E-state index contributed by atoms with van der Waals surface area (Å²) in [6.45, 7) is 0.593. The molecule has 3 aromatic rings. The zero-order valence-corrected chi connectivity index (χ0v) is 21.1. The van der Waals surface area contributed by atoms with E-state index in [0.717, 1.165) is 6.33 Å². The molecule has 188 valence electrons. The number of nitrogens with two attached hydrogens (primary N) is 1. The molecule has 0 amide bonds. The molecule has 0 fully saturated rings. The molecule has 2 aromatic carbocycles. The van der Waals surface area contributed by atoms with Crippen molar-refractivity contribution in [3.05, 3.63) is 71.3 Å². The fourth-order valence-corrected chi connectivity index (χ4v) is 2.85. The Morgan fingerprint density at radius 1 is 1.08 bits per heavy atom. The first-order valence-corrected chi connectivity index (χ1v) is 11.3. The minimum absolute atomic E-state index is 0.0973. The Kier molecular flexibility index (Phi) is 10.0. The number of aromatic nitrogens is 2. The topological polar surface area (TPSA) is 123 Å². The third-order valence-corrected chi connectivity index (χ3v) is 4.38. The molecular formula is C22H19ClFN5O5S2. The van der Waals surface area contributed by atoms with E-state index in [-0.39, 0.29) is 45.8 Å². The van der Waals surface area contributed by atoms with Crippen molar-refractivity contribution in [3.63, 3.8) is 0 Å². The third-order valence-electron chi connectivity index (χ3n) is 4.06. The van der Waals surface area contributed by atoms with Crippen LogP contribution in [0.5, 0.6) is 23.3 Å². The standard InChI is InChI=1S/C21H16ClFN4O5.CH3NS2/c1-28-26-18(21-27-30-11-10-29-21)13-6-2-4-8-15(13)31-19-17(23)20(25-12-24-19)32-16-9-5-3-7-14(16)22;2-1(3)4/h2-9,12H,10-11H2,1H3;(H3,2,3,4)/b26-18+;. The van der Waals surface area contributed by atoms with E-state index in [1.807, 2.05) is 0 Å². The van der Waals surface area contributed by atoms with Crippen LogP contribution in [0.4, 0.5) is 4.39 Å². The summed E-state index contributed by atoms with van der Waals surface area (Å²) in [5.41, 5.74) is 5.31. The number of ether oxygens (including phenoxy) is 3. The second-order valence-electron chi connectivity index (χ2n) is 6.47. The van der Waals surface area contributed by atoms with Crippen molar-refractivity contribution in [1.82, 2.24) is 9.97 Å². The molecule has 0 aliphatic carbocycles. The fourth-order valence-electron chi connectivity index (χ4n) is 2.68. The molecule has 2 heterocycles. The molecule has 14 heteroatoms. The molecule has 0 atom stereocenters. The van der Waals surface area contributed by atoms with E-state index in [1.54, 1.807) is 48.5 Å². The minimum Gasteiger partial charge on any atom is -0.470 e. The number of rotatable bonds is 7. The van der Waals surface area contributed by atoms with Gasteiger partial charge in [-0.3, -0.25) is 0 Å². The van der Waals surface area contributed by atoms with Crippen molar-refractivity contribution in [2.24, 2.45) is 16.0 Å². The second-order valence-corrected chi connectivity index (χ2v) is 8.10. The Balaban J connectivity index is 0.000000840. The number of thiocarbonyl (C=S) groups is 1. The predicted octanol–water partition coefficient (Wildman–Crippen LogP) is 4.72. The van der Waals surface area contributed by atoms with Gasteiger partial charge in [0.2, 0.25) is 5.82 Å². The highest BCUT2D eigenvalue weighted by Gasteiger charge is 2.24. The molecule has 0 bridgehead atoms. The van der Waals surface area contributed by atoms with Crippen molar-refractivity contribution in [2.45, 2.75) is 0 Å². The Labute approximate surface area is 221 Å². The summed E-state index contributed by atoms with van der Waals surface area (Å²) in [7, 11) is 1.37.